The minimum Gasteiger partial charge on any atom is -0.399 e. The van der Waals surface area contributed by atoms with Crippen LogP contribution in [0.2, 0.25) is 0 Å². The van der Waals surface area contributed by atoms with Gasteiger partial charge in [-0.15, -0.1) is 11.3 Å². The average molecular weight is 271 g/mol. The number of hydrogen-bond acceptors (Lipinski definition) is 3. The van der Waals surface area contributed by atoms with E-state index in [1.807, 2.05) is 12.1 Å². The number of ketones is 1. The van der Waals surface area contributed by atoms with Crippen molar-refractivity contribution in [2.75, 3.05) is 5.73 Å². The lowest BCUT2D eigenvalue weighted by Crippen LogP contribution is -1.98. The highest BCUT2D eigenvalue weighted by molar-refractivity contribution is 7.14. The third kappa shape index (κ3) is 2.56. The van der Waals surface area contributed by atoms with E-state index >= 15 is 0 Å². The van der Waals surface area contributed by atoms with E-state index in [0.29, 0.717) is 5.69 Å². The molecular formula is C16H17NOS. The second-order valence-corrected chi connectivity index (χ2v) is 6.21. The summed E-state index contributed by atoms with van der Waals surface area (Å²) in [5.74, 6) is 0.123. The molecule has 0 amide bonds. The Balaban J connectivity index is 1.90. The number of nitrogen functional groups attached to an aromatic ring is 1. The molecule has 1 heterocycles. The van der Waals surface area contributed by atoms with Crippen molar-refractivity contribution in [3.63, 3.8) is 0 Å². The number of carbonyl (C=O) groups excluding carboxylic acids is 1. The van der Waals surface area contributed by atoms with Crippen LogP contribution < -0.4 is 5.73 Å². The molecule has 0 bridgehead atoms. The van der Waals surface area contributed by atoms with Gasteiger partial charge in [-0.05, 0) is 61.6 Å². The number of nitrogens with two attached hydrogens (primary N) is 1. The number of benzene rings is 1. The van der Waals surface area contributed by atoms with Crippen LogP contribution in [-0.2, 0) is 12.8 Å². The van der Waals surface area contributed by atoms with Gasteiger partial charge in [0.2, 0.25) is 5.78 Å². The Bertz CT molecular complexity index is 574. The molecule has 0 unspecified atom stereocenters. The van der Waals surface area contributed by atoms with Crippen LogP contribution in [0.4, 0.5) is 5.69 Å². The van der Waals surface area contributed by atoms with Crippen LogP contribution in [-0.4, -0.2) is 5.78 Å². The van der Waals surface area contributed by atoms with Crippen LogP contribution in [0.5, 0.6) is 0 Å². The molecule has 3 rings (SSSR count). The van der Waals surface area contributed by atoms with Crippen LogP contribution in [0.1, 0.15) is 44.9 Å². The van der Waals surface area contributed by atoms with Gasteiger partial charge in [0.05, 0.1) is 4.88 Å². The van der Waals surface area contributed by atoms with Crippen molar-refractivity contribution in [1.82, 2.24) is 0 Å². The zero-order valence-corrected chi connectivity index (χ0v) is 11.6. The van der Waals surface area contributed by atoms with Gasteiger partial charge in [-0.2, -0.15) is 0 Å². The van der Waals surface area contributed by atoms with Gasteiger partial charge in [0, 0.05) is 16.1 Å². The minimum atomic E-state index is 0.123. The number of hydrogen-bond donors (Lipinski definition) is 1. The standard InChI is InChI=1S/C16H17NOS/c17-13-8-6-11(7-9-13)16(18)15-10-12-4-2-1-3-5-14(12)19-15/h6-10H,1-5,17H2. The molecular weight excluding hydrogens is 254 g/mol. The molecule has 0 aliphatic heterocycles. The summed E-state index contributed by atoms with van der Waals surface area (Å²) in [5, 5.41) is 0. The zero-order chi connectivity index (χ0) is 13.2. The molecule has 1 aliphatic carbocycles. The van der Waals surface area contributed by atoms with Crippen LogP contribution in [0, 0.1) is 0 Å². The van der Waals surface area contributed by atoms with Gasteiger partial charge in [0.15, 0.2) is 0 Å². The molecule has 19 heavy (non-hydrogen) atoms. The normalized spacial score (nSPS) is 14.7. The molecule has 2 nitrogen and oxygen atoms in total. The molecule has 3 heteroatoms. The third-order valence-electron chi connectivity index (χ3n) is 3.64. The number of aryl methyl sites for hydroxylation is 2. The molecule has 98 valence electrons. The maximum Gasteiger partial charge on any atom is 0.202 e. The lowest BCUT2D eigenvalue weighted by Gasteiger charge is -1.99. The minimum absolute atomic E-state index is 0.123. The first-order valence-corrected chi connectivity index (χ1v) is 7.57. The highest BCUT2D eigenvalue weighted by atomic mass is 32.1. The van der Waals surface area contributed by atoms with Gasteiger partial charge in [-0.1, -0.05) is 6.42 Å². The van der Waals surface area contributed by atoms with Crippen molar-refractivity contribution in [1.29, 1.82) is 0 Å². The quantitative estimate of drug-likeness (QED) is 0.512. The number of anilines is 1. The van der Waals surface area contributed by atoms with E-state index in [2.05, 4.69) is 6.07 Å². The van der Waals surface area contributed by atoms with E-state index in [1.54, 1.807) is 23.5 Å². The van der Waals surface area contributed by atoms with E-state index in [9.17, 15) is 4.79 Å². The van der Waals surface area contributed by atoms with Crippen molar-refractivity contribution in [2.45, 2.75) is 32.1 Å². The van der Waals surface area contributed by atoms with Gasteiger partial charge in [0.25, 0.3) is 0 Å². The first kappa shape index (κ1) is 12.4. The van der Waals surface area contributed by atoms with Crippen LogP contribution in [0.25, 0.3) is 0 Å². The molecule has 0 atom stereocenters. The summed E-state index contributed by atoms with van der Waals surface area (Å²) < 4.78 is 0. The highest BCUT2D eigenvalue weighted by Crippen LogP contribution is 2.30. The van der Waals surface area contributed by atoms with Gasteiger partial charge in [0.1, 0.15) is 0 Å². The van der Waals surface area contributed by atoms with Crippen molar-refractivity contribution >= 4 is 22.8 Å². The first-order chi connectivity index (χ1) is 9.24. The van der Waals surface area contributed by atoms with Crippen molar-refractivity contribution in [3.05, 3.63) is 51.2 Å². The number of fused-ring (bicyclic) bond motifs is 1. The monoisotopic (exact) mass is 271 g/mol. The van der Waals surface area contributed by atoms with Gasteiger partial charge < -0.3 is 5.73 Å². The first-order valence-electron chi connectivity index (χ1n) is 6.76. The Labute approximate surface area is 117 Å². The SMILES string of the molecule is Nc1ccc(C(=O)c2cc3c(s2)CCCCC3)cc1. The molecule has 0 fully saturated rings. The summed E-state index contributed by atoms with van der Waals surface area (Å²) in [6.07, 6.45) is 6.07. The largest absolute Gasteiger partial charge is 0.399 e. The Morgan fingerprint density at radius 2 is 1.79 bits per heavy atom. The molecule has 1 aliphatic rings. The number of rotatable bonds is 2. The Kier molecular flexibility index (Phi) is 3.38. The topological polar surface area (TPSA) is 43.1 Å². The predicted molar refractivity (Wildman–Crippen MR) is 79.9 cm³/mol. The van der Waals surface area contributed by atoms with Crippen molar-refractivity contribution in [3.8, 4) is 0 Å². The molecule has 0 spiro atoms. The lowest BCUT2D eigenvalue weighted by atomic mass is 10.1. The van der Waals surface area contributed by atoms with E-state index in [4.69, 9.17) is 5.73 Å². The smallest absolute Gasteiger partial charge is 0.202 e. The second-order valence-electron chi connectivity index (χ2n) is 5.07. The summed E-state index contributed by atoms with van der Waals surface area (Å²) in [6.45, 7) is 0. The zero-order valence-electron chi connectivity index (χ0n) is 10.8. The average Bonchev–Trinajstić information content (AvgIpc) is 2.70. The highest BCUT2D eigenvalue weighted by Gasteiger charge is 2.17. The molecule has 1 aromatic carbocycles. The van der Waals surface area contributed by atoms with Gasteiger partial charge in [-0.3, -0.25) is 4.79 Å². The summed E-state index contributed by atoms with van der Waals surface area (Å²) in [7, 11) is 0. The molecule has 2 aromatic rings. The predicted octanol–water partition coefficient (Wildman–Crippen LogP) is 3.83. The second kappa shape index (κ2) is 5.17. The van der Waals surface area contributed by atoms with Gasteiger partial charge in [-0.25, -0.2) is 0 Å². The van der Waals surface area contributed by atoms with E-state index in [0.717, 1.165) is 23.3 Å². The van der Waals surface area contributed by atoms with E-state index < -0.39 is 0 Å². The third-order valence-corrected chi connectivity index (χ3v) is 4.88. The van der Waals surface area contributed by atoms with E-state index in [-0.39, 0.29) is 5.78 Å². The van der Waals surface area contributed by atoms with E-state index in [1.165, 1.54) is 29.7 Å². The molecule has 0 saturated carbocycles. The number of thiophene rings is 1. The van der Waals surface area contributed by atoms with Crippen LogP contribution in [0.15, 0.2) is 30.3 Å². The van der Waals surface area contributed by atoms with Crippen LogP contribution in [0.3, 0.4) is 0 Å². The summed E-state index contributed by atoms with van der Waals surface area (Å²) in [6, 6.07) is 9.28. The Morgan fingerprint density at radius 3 is 2.58 bits per heavy atom. The molecule has 2 N–H and O–H groups in total. The van der Waals surface area contributed by atoms with Crippen LogP contribution >= 0.6 is 11.3 Å². The lowest BCUT2D eigenvalue weighted by molar-refractivity contribution is 0.104. The summed E-state index contributed by atoms with van der Waals surface area (Å²) >= 11 is 1.68. The van der Waals surface area contributed by atoms with Gasteiger partial charge >= 0.3 is 0 Å². The Hall–Kier alpha value is -1.61. The van der Waals surface area contributed by atoms with Crippen molar-refractivity contribution < 1.29 is 4.79 Å². The molecule has 0 radical (unpaired) electrons. The number of carbonyl (C=O) groups is 1. The van der Waals surface area contributed by atoms with Crippen molar-refractivity contribution in [2.24, 2.45) is 0 Å². The maximum atomic E-state index is 12.4. The fourth-order valence-corrected chi connectivity index (χ4v) is 3.77. The summed E-state index contributed by atoms with van der Waals surface area (Å²) in [5.41, 5.74) is 8.46. The molecule has 1 aromatic heterocycles. The summed E-state index contributed by atoms with van der Waals surface area (Å²) in [4.78, 5) is 14.7. The maximum absolute atomic E-state index is 12.4. The molecule has 0 saturated heterocycles. The fraction of sp³-hybridized carbons (Fsp3) is 0.312. The Morgan fingerprint density at radius 1 is 1.05 bits per heavy atom. The fourth-order valence-electron chi connectivity index (χ4n) is 2.56.